The van der Waals surface area contributed by atoms with Crippen molar-refractivity contribution in [1.82, 2.24) is 4.98 Å². The molecule has 1 saturated carbocycles. The Morgan fingerprint density at radius 1 is 1.44 bits per heavy atom. The van der Waals surface area contributed by atoms with Gasteiger partial charge in [-0.25, -0.2) is 4.98 Å². The Labute approximate surface area is 111 Å². The van der Waals surface area contributed by atoms with Crippen LogP contribution in [-0.2, 0) is 21.6 Å². The summed E-state index contributed by atoms with van der Waals surface area (Å²) in [6.07, 6.45) is 5.59. The molecule has 18 heavy (non-hydrogen) atoms. The lowest BCUT2D eigenvalue weighted by molar-refractivity contribution is -0.136. The van der Waals surface area contributed by atoms with E-state index in [0.717, 1.165) is 41.3 Å². The van der Waals surface area contributed by atoms with Gasteiger partial charge in [-0.05, 0) is 19.8 Å². The largest absolute Gasteiger partial charge is 0.481 e. The maximum atomic E-state index is 10.8. The first-order valence-electron chi connectivity index (χ1n) is 6.31. The van der Waals surface area contributed by atoms with E-state index in [1.807, 2.05) is 6.92 Å². The molecule has 0 spiro atoms. The fourth-order valence-electron chi connectivity index (χ4n) is 2.55. The third-order valence-corrected chi connectivity index (χ3v) is 4.99. The van der Waals surface area contributed by atoms with Crippen LogP contribution in [0.3, 0.4) is 0 Å². The number of rotatable bonds is 4. The predicted octanol–water partition coefficient (Wildman–Crippen LogP) is 2.88. The van der Waals surface area contributed by atoms with Gasteiger partial charge in [0.1, 0.15) is 10.6 Å². The first kappa shape index (κ1) is 13.5. The van der Waals surface area contributed by atoms with Crippen LogP contribution in [0.5, 0.6) is 0 Å². The summed E-state index contributed by atoms with van der Waals surface area (Å²) < 4.78 is 5.74. The van der Waals surface area contributed by atoms with Crippen molar-refractivity contribution in [2.75, 3.05) is 7.11 Å². The van der Waals surface area contributed by atoms with Gasteiger partial charge in [0, 0.05) is 12.0 Å². The molecular weight excluding hydrogens is 250 g/mol. The van der Waals surface area contributed by atoms with Crippen molar-refractivity contribution in [2.45, 2.75) is 51.0 Å². The van der Waals surface area contributed by atoms with E-state index >= 15 is 0 Å². The molecule has 100 valence electrons. The topological polar surface area (TPSA) is 59.4 Å². The smallest absolute Gasteiger partial charge is 0.308 e. The lowest BCUT2D eigenvalue weighted by Crippen LogP contribution is -2.30. The molecule has 0 aliphatic heterocycles. The van der Waals surface area contributed by atoms with Crippen LogP contribution in [0, 0.1) is 6.92 Å². The number of nitrogens with zero attached hydrogens (tertiary/aromatic N) is 1. The Morgan fingerprint density at radius 2 is 2.11 bits per heavy atom. The van der Waals surface area contributed by atoms with Gasteiger partial charge in [0.25, 0.3) is 0 Å². The normalized spacial score (nSPS) is 18.8. The van der Waals surface area contributed by atoms with E-state index in [4.69, 9.17) is 9.84 Å². The number of methoxy groups -OCH3 is 1. The second kappa shape index (κ2) is 5.36. The van der Waals surface area contributed by atoms with Crippen molar-refractivity contribution in [3.05, 3.63) is 15.6 Å². The molecular formula is C13H19NO3S. The fourth-order valence-corrected chi connectivity index (χ4v) is 3.83. The summed E-state index contributed by atoms with van der Waals surface area (Å²) in [5.74, 6) is -0.802. The molecule has 2 rings (SSSR count). The van der Waals surface area contributed by atoms with Crippen molar-refractivity contribution >= 4 is 17.3 Å². The third kappa shape index (κ3) is 2.57. The Bertz CT molecular complexity index is 435. The summed E-state index contributed by atoms with van der Waals surface area (Å²) in [4.78, 5) is 16.2. The first-order chi connectivity index (χ1) is 8.57. The molecule has 1 aliphatic carbocycles. The van der Waals surface area contributed by atoms with Crippen molar-refractivity contribution in [3.8, 4) is 0 Å². The number of aromatic nitrogens is 1. The highest BCUT2D eigenvalue weighted by Crippen LogP contribution is 2.42. The highest BCUT2D eigenvalue weighted by atomic mass is 32.1. The zero-order chi connectivity index (χ0) is 13.2. The van der Waals surface area contributed by atoms with Crippen LogP contribution in [0.25, 0.3) is 0 Å². The summed E-state index contributed by atoms with van der Waals surface area (Å²) in [5.41, 5.74) is 0.559. The summed E-state index contributed by atoms with van der Waals surface area (Å²) in [5, 5.41) is 9.84. The zero-order valence-corrected chi connectivity index (χ0v) is 11.7. The number of thiazole rings is 1. The molecule has 1 heterocycles. The molecule has 1 aromatic heterocycles. The third-order valence-electron chi connectivity index (χ3n) is 3.65. The van der Waals surface area contributed by atoms with Gasteiger partial charge in [-0.15, -0.1) is 11.3 Å². The summed E-state index contributed by atoms with van der Waals surface area (Å²) in [7, 11) is 1.74. The number of carboxylic acid groups (broad SMARTS) is 1. The molecule has 0 unspecified atom stereocenters. The van der Waals surface area contributed by atoms with E-state index in [-0.39, 0.29) is 12.0 Å². The molecule has 0 saturated heterocycles. The quantitative estimate of drug-likeness (QED) is 0.913. The van der Waals surface area contributed by atoms with Crippen molar-refractivity contribution in [1.29, 1.82) is 0 Å². The Hall–Kier alpha value is -0.940. The Kier molecular flexibility index (Phi) is 4.02. The second-order valence-electron chi connectivity index (χ2n) is 4.86. The van der Waals surface area contributed by atoms with E-state index in [0.29, 0.717) is 0 Å². The number of ether oxygens (including phenoxy) is 1. The van der Waals surface area contributed by atoms with Crippen molar-refractivity contribution in [3.63, 3.8) is 0 Å². The highest BCUT2D eigenvalue weighted by Gasteiger charge is 2.37. The molecule has 1 aliphatic rings. The average Bonchev–Trinajstić information content (AvgIpc) is 2.71. The maximum absolute atomic E-state index is 10.8. The van der Waals surface area contributed by atoms with Gasteiger partial charge in [-0.3, -0.25) is 4.79 Å². The SMILES string of the molecule is COC1(c2nc(C)c(CC(=O)O)s2)CCCCC1. The molecule has 0 aromatic carbocycles. The molecule has 0 radical (unpaired) electrons. The molecule has 1 N–H and O–H groups in total. The lowest BCUT2D eigenvalue weighted by atomic mass is 9.85. The van der Waals surface area contributed by atoms with Gasteiger partial charge in [0.05, 0.1) is 12.1 Å². The summed E-state index contributed by atoms with van der Waals surface area (Å²) in [6.45, 7) is 1.88. The highest BCUT2D eigenvalue weighted by molar-refractivity contribution is 7.12. The average molecular weight is 269 g/mol. The first-order valence-corrected chi connectivity index (χ1v) is 7.13. The summed E-state index contributed by atoms with van der Waals surface area (Å²) in [6, 6.07) is 0. The number of hydrogen-bond donors (Lipinski definition) is 1. The van der Waals surface area contributed by atoms with Crippen LogP contribution in [0.2, 0.25) is 0 Å². The number of aliphatic carboxylic acids is 1. The van der Waals surface area contributed by atoms with E-state index in [1.165, 1.54) is 17.8 Å². The van der Waals surface area contributed by atoms with E-state index in [1.54, 1.807) is 7.11 Å². The molecule has 4 nitrogen and oxygen atoms in total. The molecule has 0 atom stereocenters. The van der Waals surface area contributed by atoms with Crippen molar-refractivity contribution in [2.24, 2.45) is 0 Å². The standard InChI is InChI=1S/C13H19NO3S/c1-9-10(8-11(15)16)18-12(14-9)13(17-2)6-4-3-5-7-13/h3-8H2,1-2H3,(H,15,16). The Balaban J connectivity index is 2.28. The van der Waals surface area contributed by atoms with Gasteiger partial charge in [0.2, 0.25) is 0 Å². The van der Waals surface area contributed by atoms with Gasteiger partial charge < -0.3 is 9.84 Å². The number of carbonyl (C=O) groups is 1. The van der Waals surface area contributed by atoms with Crippen LogP contribution in [0.1, 0.15) is 47.7 Å². The minimum Gasteiger partial charge on any atom is -0.481 e. The van der Waals surface area contributed by atoms with Gasteiger partial charge in [-0.1, -0.05) is 19.3 Å². The van der Waals surface area contributed by atoms with Gasteiger partial charge in [0.15, 0.2) is 0 Å². The van der Waals surface area contributed by atoms with Gasteiger partial charge in [-0.2, -0.15) is 0 Å². The predicted molar refractivity (Wildman–Crippen MR) is 70.0 cm³/mol. The van der Waals surface area contributed by atoms with Crippen LogP contribution in [-0.4, -0.2) is 23.2 Å². The van der Waals surface area contributed by atoms with Gasteiger partial charge >= 0.3 is 5.97 Å². The number of carboxylic acids is 1. The molecule has 5 heteroatoms. The second-order valence-corrected chi connectivity index (χ2v) is 5.94. The van der Waals surface area contributed by atoms with E-state index < -0.39 is 5.97 Å². The van der Waals surface area contributed by atoms with Crippen LogP contribution in [0.15, 0.2) is 0 Å². The minimum atomic E-state index is -0.802. The zero-order valence-electron chi connectivity index (χ0n) is 10.9. The molecule has 0 bridgehead atoms. The van der Waals surface area contributed by atoms with E-state index in [9.17, 15) is 4.79 Å². The number of hydrogen-bond acceptors (Lipinski definition) is 4. The minimum absolute atomic E-state index is 0.0588. The Morgan fingerprint density at radius 3 is 2.67 bits per heavy atom. The number of aryl methyl sites for hydroxylation is 1. The summed E-state index contributed by atoms with van der Waals surface area (Å²) >= 11 is 1.50. The molecule has 1 aromatic rings. The van der Waals surface area contributed by atoms with Crippen LogP contribution >= 0.6 is 11.3 Å². The monoisotopic (exact) mass is 269 g/mol. The fraction of sp³-hybridized carbons (Fsp3) is 0.692. The van der Waals surface area contributed by atoms with Crippen LogP contribution in [0.4, 0.5) is 0 Å². The molecule has 1 fully saturated rings. The van der Waals surface area contributed by atoms with Crippen LogP contribution < -0.4 is 0 Å². The lowest BCUT2D eigenvalue weighted by Gasteiger charge is -2.34. The van der Waals surface area contributed by atoms with Crippen molar-refractivity contribution < 1.29 is 14.6 Å². The maximum Gasteiger partial charge on any atom is 0.308 e. The molecule has 0 amide bonds. The van der Waals surface area contributed by atoms with E-state index in [2.05, 4.69) is 4.98 Å².